The molecule has 402 valence electrons. The number of carbonyl (C=O) groups is 3. The van der Waals surface area contributed by atoms with Crippen LogP contribution in [0.3, 0.4) is 0 Å². The summed E-state index contributed by atoms with van der Waals surface area (Å²) in [7, 11) is 0. The number of unbranched alkanes of at least 4 members (excludes halogenated alkanes) is 36. The van der Waals surface area contributed by atoms with Crippen molar-refractivity contribution < 1.29 is 28.6 Å². The van der Waals surface area contributed by atoms with Crippen molar-refractivity contribution in [1.29, 1.82) is 0 Å². The van der Waals surface area contributed by atoms with Gasteiger partial charge in [0.2, 0.25) is 0 Å². The quantitative estimate of drug-likeness (QED) is 0.0262. The molecule has 1 atom stereocenters. The number of ether oxygens (including phenoxy) is 3. The van der Waals surface area contributed by atoms with Crippen molar-refractivity contribution in [2.45, 2.75) is 322 Å². The van der Waals surface area contributed by atoms with Crippen molar-refractivity contribution in [3.8, 4) is 0 Å². The van der Waals surface area contributed by atoms with Gasteiger partial charge in [-0.15, -0.1) is 0 Å². The first-order chi connectivity index (χ1) is 34.0. The zero-order chi connectivity index (χ0) is 50.0. The van der Waals surface area contributed by atoms with Crippen LogP contribution in [-0.4, -0.2) is 37.2 Å². The number of esters is 3. The predicted octanol–water partition coefficient (Wildman–Crippen LogP) is 20.2. The van der Waals surface area contributed by atoms with Gasteiger partial charge in [-0.25, -0.2) is 0 Å². The monoisotopic (exact) mass is 967 g/mol. The highest BCUT2D eigenvalue weighted by atomic mass is 16.6. The maximum atomic E-state index is 12.9. The smallest absolute Gasteiger partial charge is 0.306 e. The largest absolute Gasteiger partial charge is 0.462 e. The minimum absolute atomic E-state index is 0.0795. The van der Waals surface area contributed by atoms with Crippen molar-refractivity contribution in [1.82, 2.24) is 0 Å². The molecule has 0 fully saturated rings. The fraction of sp³-hybridized carbons (Fsp3) is 0.825. The van der Waals surface area contributed by atoms with E-state index in [0.29, 0.717) is 19.3 Å². The Kier molecular flexibility index (Phi) is 55.7. The minimum Gasteiger partial charge on any atom is -0.462 e. The molecule has 0 bridgehead atoms. The topological polar surface area (TPSA) is 78.9 Å². The lowest BCUT2D eigenvalue weighted by atomic mass is 10.0. The van der Waals surface area contributed by atoms with E-state index in [2.05, 4.69) is 69.4 Å². The Morgan fingerprint density at radius 3 is 0.841 bits per heavy atom. The third-order valence-corrected chi connectivity index (χ3v) is 13.3. The first kappa shape index (κ1) is 66.4. The van der Waals surface area contributed by atoms with Gasteiger partial charge in [-0.2, -0.15) is 0 Å². The van der Waals surface area contributed by atoms with E-state index in [1.807, 2.05) is 0 Å². The van der Waals surface area contributed by atoms with Crippen LogP contribution in [0.5, 0.6) is 0 Å². The number of carbonyl (C=O) groups excluding carboxylic acids is 3. The summed E-state index contributed by atoms with van der Waals surface area (Å²) >= 11 is 0. The summed E-state index contributed by atoms with van der Waals surface area (Å²) in [5.41, 5.74) is 0. The van der Waals surface area contributed by atoms with Gasteiger partial charge in [0.05, 0.1) is 0 Å². The van der Waals surface area contributed by atoms with Gasteiger partial charge in [-0.1, -0.05) is 243 Å². The average Bonchev–Trinajstić information content (AvgIpc) is 3.35. The van der Waals surface area contributed by atoms with E-state index in [1.54, 1.807) is 0 Å². The molecule has 0 aromatic heterocycles. The van der Waals surface area contributed by atoms with Gasteiger partial charge in [0.25, 0.3) is 0 Å². The third-order valence-electron chi connectivity index (χ3n) is 13.3. The van der Waals surface area contributed by atoms with Gasteiger partial charge in [0, 0.05) is 19.3 Å². The summed E-state index contributed by atoms with van der Waals surface area (Å²) in [5, 5.41) is 0. The van der Waals surface area contributed by atoms with Crippen LogP contribution in [0.25, 0.3) is 0 Å². The Labute approximate surface area is 428 Å². The second-order valence-electron chi connectivity index (χ2n) is 20.2. The second kappa shape index (κ2) is 57.9. The zero-order valence-corrected chi connectivity index (χ0v) is 46.1. The van der Waals surface area contributed by atoms with E-state index in [4.69, 9.17) is 14.2 Å². The zero-order valence-electron chi connectivity index (χ0n) is 46.1. The fourth-order valence-electron chi connectivity index (χ4n) is 8.70. The summed E-state index contributed by atoms with van der Waals surface area (Å²) in [6, 6.07) is 0. The lowest BCUT2D eigenvalue weighted by Gasteiger charge is -2.18. The highest BCUT2D eigenvalue weighted by Crippen LogP contribution is 2.16. The molecule has 0 amide bonds. The Morgan fingerprint density at radius 2 is 0.522 bits per heavy atom. The average molecular weight is 968 g/mol. The predicted molar refractivity (Wildman–Crippen MR) is 298 cm³/mol. The van der Waals surface area contributed by atoms with Crippen molar-refractivity contribution in [3.63, 3.8) is 0 Å². The Morgan fingerprint density at radius 1 is 0.290 bits per heavy atom. The molecule has 6 heteroatoms. The molecule has 0 rings (SSSR count). The maximum absolute atomic E-state index is 12.9. The van der Waals surface area contributed by atoms with E-state index >= 15 is 0 Å². The van der Waals surface area contributed by atoms with Crippen molar-refractivity contribution >= 4 is 17.9 Å². The lowest BCUT2D eigenvalue weighted by Crippen LogP contribution is -2.30. The van der Waals surface area contributed by atoms with Gasteiger partial charge in [-0.3, -0.25) is 14.4 Å². The molecule has 0 aliphatic carbocycles. The van der Waals surface area contributed by atoms with Gasteiger partial charge in [-0.05, 0) is 103 Å². The molecule has 0 N–H and O–H groups in total. The van der Waals surface area contributed by atoms with Crippen LogP contribution in [0.2, 0.25) is 0 Å². The van der Waals surface area contributed by atoms with Gasteiger partial charge in [0.15, 0.2) is 6.10 Å². The molecule has 0 aromatic carbocycles. The molecule has 6 nitrogen and oxygen atoms in total. The van der Waals surface area contributed by atoms with Gasteiger partial charge < -0.3 is 14.2 Å². The maximum Gasteiger partial charge on any atom is 0.306 e. The molecular weight excluding hydrogens is 853 g/mol. The molecule has 69 heavy (non-hydrogen) atoms. The molecular formula is C63H114O6. The fourth-order valence-corrected chi connectivity index (χ4v) is 8.70. The van der Waals surface area contributed by atoms with Crippen LogP contribution in [0.1, 0.15) is 316 Å². The number of rotatable bonds is 55. The molecule has 0 aliphatic heterocycles. The van der Waals surface area contributed by atoms with Crippen molar-refractivity contribution in [3.05, 3.63) is 48.6 Å². The van der Waals surface area contributed by atoms with Crippen LogP contribution in [0.15, 0.2) is 48.6 Å². The van der Waals surface area contributed by atoms with Crippen molar-refractivity contribution in [2.75, 3.05) is 13.2 Å². The van der Waals surface area contributed by atoms with Gasteiger partial charge in [0.1, 0.15) is 13.2 Å². The van der Waals surface area contributed by atoms with E-state index in [-0.39, 0.29) is 31.1 Å². The Balaban J connectivity index is 4.34. The lowest BCUT2D eigenvalue weighted by molar-refractivity contribution is -0.167. The van der Waals surface area contributed by atoms with E-state index in [1.165, 1.54) is 186 Å². The van der Waals surface area contributed by atoms with Gasteiger partial charge >= 0.3 is 17.9 Å². The first-order valence-electron chi connectivity index (χ1n) is 30.1. The molecule has 0 radical (unpaired) electrons. The standard InChI is InChI=1S/C63H114O6/c1-4-7-10-13-16-19-22-25-28-29-30-31-32-33-36-38-41-44-47-50-53-56-62(65)68-59-60(69-63(66)57-54-51-48-45-42-39-35-27-24-21-18-15-12-9-6-3)58-67-61(64)55-52-49-46-43-40-37-34-26-23-20-17-14-11-8-5-2/h17,20,25-28,34-35,60H,4-16,18-19,21-24,29-33,36-59H2,1-3H3/b20-17-,28-25-,34-26-,35-27-/t60-/m1/s1. The normalized spacial score (nSPS) is 12.3. The van der Waals surface area contributed by atoms with E-state index in [0.717, 1.165) is 89.9 Å². The van der Waals surface area contributed by atoms with E-state index < -0.39 is 6.10 Å². The first-order valence-corrected chi connectivity index (χ1v) is 30.1. The summed E-state index contributed by atoms with van der Waals surface area (Å²) in [6.45, 7) is 6.62. The van der Waals surface area contributed by atoms with Crippen LogP contribution >= 0.6 is 0 Å². The van der Waals surface area contributed by atoms with Crippen LogP contribution < -0.4 is 0 Å². The molecule has 0 heterocycles. The summed E-state index contributed by atoms with van der Waals surface area (Å²) < 4.78 is 16.9. The third kappa shape index (κ3) is 56.2. The molecule has 0 aromatic rings. The molecule has 0 unspecified atom stereocenters. The van der Waals surface area contributed by atoms with Crippen molar-refractivity contribution in [2.24, 2.45) is 0 Å². The van der Waals surface area contributed by atoms with Crippen LogP contribution in [0.4, 0.5) is 0 Å². The summed E-state index contributed by atoms with van der Waals surface area (Å²) in [4.78, 5) is 38.2. The molecule has 0 spiro atoms. The number of hydrogen-bond acceptors (Lipinski definition) is 6. The number of hydrogen-bond donors (Lipinski definition) is 0. The highest BCUT2D eigenvalue weighted by molar-refractivity contribution is 5.71. The summed E-state index contributed by atoms with van der Waals surface area (Å²) in [5.74, 6) is -0.888. The molecule has 0 aliphatic rings. The minimum atomic E-state index is -0.783. The van der Waals surface area contributed by atoms with Crippen LogP contribution in [-0.2, 0) is 28.6 Å². The Bertz CT molecular complexity index is 1200. The summed E-state index contributed by atoms with van der Waals surface area (Å²) in [6.07, 6.45) is 71.0. The number of allylic oxidation sites excluding steroid dienone is 8. The second-order valence-corrected chi connectivity index (χ2v) is 20.2. The highest BCUT2D eigenvalue weighted by Gasteiger charge is 2.19. The SMILES string of the molecule is CCCCC/C=C\C/C=C\CCCCCCCC(=O)OC[C@H](COC(=O)CCCCCCCCCCCCC/C=C\CCCCCCCC)OC(=O)CCCCCCC/C=C\CCCCCCCC. The Hall–Kier alpha value is -2.63. The van der Waals surface area contributed by atoms with Crippen LogP contribution in [0, 0.1) is 0 Å². The molecule has 0 saturated heterocycles. The van der Waals surface area contributed by atoms with E-state index in [9.17, 15) is 14.4 Å². The molecule has 0 saturated carbocycles.